The first kappa shape index (κ1) is 18.6. The quantitative estimate of drug-likeness (QED) is 0.619. The largest absolute Gasteiger partial charge is 0.457 e. The molecule has 0 aliphatic carbocycles. The Kier molecular flexibility index (Phi) is 5.55. The highest BCUT2D eigenvalue weighted by atomic mass is 16.5. The SMILES string of the molecule is Cc1cccc(Oc2cccc(NC(=O)c3ccc(C(C)C)nc3C)c2)c1. The highest BCUT2D eigenvalue weighted by Gasteiger charge is 2.12. The normalized spacial score (nSPS) is 10.7. The van der Waals surface area contributed by atoms with Crippen LogP contribution < -0.4 is 10.1 Å². The van der Waals surface area contributed by atoms with E-state index >= 15 is 0 Å². The lowest BCUT2D eigenvalue weighted by Crippen LogP contribution is -2.14. The third kappa shape index (κ3) is 4.73. The number of aryl methyl sites for hydroxylation is 2. The molecule has 0 saturated carbocycles. The van der Waals surface area contributed by atoms with Crippen LogP contribution in [-0.2, 0) is 0 Å². The molecule has 0 fully saturated rings. The van der Waals surface area contributed by atoms with Gasteiger partial charge in [-0.3, -0.25) is 9.78 Å². The molecular weight excluding hydrogens is 336 g/mol. The third-order valence-electron chi connectivity index (χ3n) is 4.26. The van der Waals surface area contributed by atoms with Crippen molar-refractivity contribution in [3.63, 3.8) is 0 Å². The van der Waals surface area contributed by atoms with Crippen molar-refractivity contribution in [3.8, 4) is 11.5 Å². The molecular formula is C23H24N2O2. The van der Waals surface area contributed by atoms with Crippen LogP contribution in [0.4, 0.5) is 5.69 Å². The molecule has 1 N–H and O–H groups in total. The Morgan fingerprint density at radius 2 is 1.67 bits per heavy atom. The van der Waals surface area contributed by atoms with E-state index in [1.165, 1.54) is 0 Å². The number of ether oxygens (including phenoxy) is 1. The molecule has 27 heavy (non-hydrogen) atoms. The molecule has 2 aromatic carbocycles. The molecule has 0 spiro atoms. The summed E-state index contributed by atoms with van der Waals surface area (Å²) in [6.07, 6.45) is 0. The van der Waals surface area contributed by atoms with Gasteiger partial charge in [-0.05, 0) is 61.7 Å². The zero-order valence-corrected chi connectivity index (χ0v) is 16.1. The maximum absolute atomic E-state index is 12.6. The Labute approximate surface area is 160 Å². The molecule has 3 aromatic rings. The number of anilines is 1. The Hall–Kier alpha value is -3.14. The molecule has 0 atom stereocenters. The van der Waals surface area contributed by atoms with Crippen LogP contribution in [-0.4, -0.2) is 10.9 Å². The first-order chi connectivity index (χ1) is 12.9. The number of pyridine rings is 1. The average molecular weight is 360 g/mol. The highest BCUT2D eigenvalue weighted by Crippen LogP contribution is 2.25. The van der Waals surface area contributed by atoms with Crippen LogP contribution in [0, 0.1) is 13.8 Å². The summed E-state index contributed by atoms with van der Waals surface area (Å²) in [5.74, 6) is 1.59. The Morgan fingerprint density at radius 1 is 0.963 bits per heavy atom. The Morgan fingerprint density at radius 3 is 2.33 bits per heavy atom. The number of nitrogens with one attached hydrogen (secondary N) is 1. The maximum atomic E-state index is 12.6. The van der Waals surface area contributed by atoms with Crippen molar-refractivity contribution >= 4 is 11.6 Å². The van der Waals surface area contributed by atoms with Crippen molar-refractivity contribution in [1.82, 2.24) is 4.98 Å². The van der Waals surface area contributed by atoms with E-state index in [9.17, 15) is 4.79 Å². The molecule has 0 saturated heterocycles. The van der Waals surface area contributed by atoms with Gasteiger partial charge in [-0.2, -0.15) is 0 Å². The second-order valence-corrected chi connectivity index (χ2v) is 6.92. The minimum absolute atomic E-state index is 0.178. The van der Waals surface area contributed by atoms with E-state index in [-0.39, 0.29) is 5.91 Å². The van der Waals surface area contributed by atoms with Gasteiger partial charge in [-0.25, -0.2) is 0 Å². The lowest BCUT2D eigenvalue weighted by molar-refractivity contribution is 0.102. The second-order valence-electron chi connectivity index (χ2n) is 6.92. The van der Waals surface area contributed by atoms with E-state index in [1.807, 2.05) is 74.5 Å². The van der Waals surface area contributed by atoms with Crippen molar-refractivity contribution in [2.75, 3.05) is 5.32 Å². The first-order valence-corrected chi connectivity index (χ1v) is 9.06. The molecule has 0 aliphatic heterocycles. The molecule has 3 rings (SSSR count). The van der Waals surface area contributed by atoms with E-state index in [0.29, 0.717) is 22.9 Å². The van der Waals surface area contributed by atoms with E-state index in [2.05, 4.69) is 24.1 Å². The van der Waals surface area contributed by atoms with Crippen LogP contribution in [0.25, 0.3) is 0 Å². The molecule has 0 aliphatic rings. The summed E-state index contributed by atoms with van der Waals surface area (Å²) < 4.78 is 5.89. The van der Waals surface area contributed by atoms with Crippen molar-refractivity contribution in [1.29, 1.82) is 0 Å². The van der Waals surface area contributed by atoms with Crippen molar-refractivity contribution in [2.24, 2.45) is 0 Å². The van der Waals surface area contributed by atoms with Gasteiger partial charge in [-0.15, -0.1) is 0 Å². The number of aromatic nitrogens is 1. The average Bonchev–Trinajstić information content (AvgIpc) is 2.61. The van der Waals surface area contributed by atoms with E-state index in [0.717, 1.165) is 22.7 Å². The Bertz CT molecular complexity index is 964. The third-order valence-corrected chi connectivity index (χ3v) is 4.26. The molecule has 0 unspecified atom stereocenters. The molecule has 1 heterocycles. The van der Waals surface area contributed by atoms with Crippen LogP contribution >= 0.6 is 0 Å². The van der Waals surface area contributed by atoms with Crippen molar-refractivity contribution in [3.05, 3.63) is 83.2 Å². The van der Waals surface area contributed by atoms with Crippen molar-refractivity contribution in [2.45, 2.75) is 33.6 Å². The minimum Gasteiger partial charge on any atom is -0.457 e. The van der Waals surface area contributed by atoms with Crippen LogP contribution in [0.3, 0.4) is 0 Å². The smallest absolute Gasteiger partial charge is 0.257 e. The van der Waals surface area contributed by atoms with Gasteiger partial charge in [0.05, 0.1) is 11.3 Å². The van der Waals surface area contributed by atoms with E-state index in [1.54, 1.807) is 0 Å². The van der Waals surface area contributed by atoms with Gasteiger partial charge in [0.2, 0.25) is 0 Å². The molecule has 4 heteroatoms. The van der Waals surface area contributed by atoms with Crippen molar-refractivity contribution < 1.29 is 9.53 Å². The molecule has 0 bridgehead atoms. The summed E-state index contributed by atoms with van der Waals surface area (Å²) in [6.45, 7) is 8.05. The van der Waals surface area contributed by atoms with Crippen LogP contribution in [0.5, 0.6) is 11.5 Å². The summed E-state index contributed by atoms with van der Waals surface area (Å²) in [7, 11) is 0. The number of hydrogen-bond donors (Lipinski definition) is 1. The number of rotatable bonds is 5. The predicted molar refractivity (Wildman–Crippen MR) is 109 cm³/mol. The number of carbonyl (C=O) groups is 1. The topological polar surface area (TPSA) is 51.2 Å². The molecule has 1 amide bonds. The Balaban J connectivity index is 1.75. The number of nitrogens with zero attached hydrogens (tertiary/aromatic N) is 1. The van der Waals surface area contributed by atoms with Crippen LogP contribution in [0.2, 0.25) is 0 Å². The summed E-state index contributed by atoms with van der Waals surface area (Å²) in [5.41, 5.74) is 4.09. The van der Waals surface area contributed by atoms with Gasteiger partial charge in [0, 0.05) is 17.4 Å². The number of benzene rings is 2. The fourth-order valence-electron chi connectivity index (χ4n) is 2.79. The van der Waals surface area contributed by atoms with Gasteiger partial charge < -0.3 is 10.1 Å². The molecule has 4 nitrogen and oxygen atoms in total. The van der Waals surface area contributed by atoms with Gasteiger partial charge in [-0.1, -0.05) is 32.0 Å². The molecule has 1 aromatic heterocycles. The van der Waals surface area contributed by atoms with Gasteiger partial charge in [0.15, 0.2) is 0 Å². The lowest BCUT2D eigenvalue weighted by Gasteiger charge is -2.12. The second kappa shape index (κ2) is 8.04. The van der Waals surface area contributed by atoms with Crippen LogP contribution in [0.15, 0.2) is 60.7 Å². The lowest BCUT2D eigenvalue weighted by atomic mass is 10.1. The number of hydrogen-bond acceptors (Lipinski definition) is 3. The predicted octanol–water partition coefficient (Wildman–Crippen LogP) is 5.87. The van der Waals surface area contributed by atoms with E-state index in [4.69, 9.17) is 4.74 Å². The van der Waals surface area contributed by atoms with Gasteiger partial charge in [0.25, 0.3) is 5.91 Å². The molecule has 0 radical (unpaired) electrons. The monoisotopic (exact) mass is 360 g/mol. The minimum atomic E-state index is -0.178. The van der Waals surface area contributed by atoms with E-state index < -0.39 is 0 Å². The summed E-state index contributed by atoms with van der Waals surface area (Å²) >= 11 is 0. The van der Waals surface area contributed by atoms with Gasteiger partial charge in [0.1, 0.15) is 11.5 Å². The summed E-state index contributed by atoms with van der Waals surface area (Å²) in [6, 6.07) is 19.0. The highest BCUT2D eigenvalue weighted by molar-refractivity contribution is 6.05. The zero-order chi connectivity index (χ0) is 19.4. The number of amides is 1. The van der Waals surface area contributed by atoms with Crippen LogP contribution in [0.1, 0.15) is 47.1 Å². The fourth-order valence-corrected chi connectivity index (χ4v) is 2.79. The maximum Gasteiger partial charge on any atom is 0.257 e. The summed E-state index contributed by atoms with van der Waals surface area (Å²) in [5, 5.41) is 2.93. The number of carbonyl (C=O) groups excluding carboxylic acids is 1. The molecule has 138 valence electrons. The summed E-state index contributed by atoms with van der Waals surface area (Å²) in [4.78, 5) is 17.2. The zero-order valence-electron chi connectivity index (χ0n) is 16.1. The van der Waals surface area contributed by atoms with Gasteiger partial charge >= 0.3 is 0 Å². The first-order valence-electron chi connectivity index (χ1n) is 9.06. The fraction of sp³-hybridized carbons (Fsp3) is 0.217. The standard InChI is InChI=1S/C23H24N2O2/c1-15(2)22-12-11-21(17(4)24-22)23(26)25-18-8-6-10-20(14-18)27-19-9-5-7-16(3)13-19/h5-15H,1-4H3,(H,25,26).